The molecule has 0 aliphatic rings. The van der Waals surface area contributed by atoms with Crippen LogP contribution in [-0.2, 0) is 6.54 Å². The molecule has 4 heteroatoms. The maximum absolute atomic E-state index is 12.0. The molecule has 4 nitrogen and oxygen atoms in total. The normalized spacial score (nSPS) is 10.4. The Morgan fingerprint density at radius 3 is 2.81 bits per heavy atom. The predicted octanol–water partition coefficient (Wildman–Crippen LogP) is 1.78. The second-order valence-electron chi connectivity index (χ2n) is 3.83. The molecular formula is C12H13N3O. The Kier molecular flexibility index (Phi) is 2.81. The van der Waals surface area contributed by atoms with Crippen molar-refractivity contribution in [1.29, 1.82) is 0 Å². The fraction of sp³-hybridized carbons (Fsp3) is 0.250. The average molecular weight is 215 g/mol. The summed E-state index contributed by atoms with van der Waals surface area (Å²) in [4.78, 5) is 15.8. The third kappa shape index (κ3) is 2.16. The Hall–Kier alpha value is -1.97. The molecule has 0 saturated carbocycles. The molecule has 0 aliphatic heterocycles. The predicted molar refractivity (Wildman–Crippen MR) is 60.3 cm³/mol. The van der Waals surface area contributed by atoms with Crippen LogP contribution in [-0.4, -0.2) is 20.5 Å². The molecule has 82 valence electrons. The van der Waals surface area contributed by atoms with Crippen LogP contribution < -0.4 is 0 Å². The van der Waals surface area contributed by atoms with Crippen LogP contribution in [0.1, 0.15) is 21.5 Å². The summed E-state index contributed by atoms with van der Waals surface area (Å²) >= 11 is 0. The zero-order valence-electron chi connectivity index (χ0n) is 9.34. The SMILES string of the molecule is Cc1ccc(C(=O)Cn2cncn2)c(C)c1. The average Bonchev–Trinajstić information content (AvgIpc) is 2.70. The van der Waals surface area contributed by atoms with Crippen LogP contribution in [0.25, 0.3) is 0 Å². The van der Waals surface area contributed by atoms with Gasteiger partial charge in [-0.15, -0.1) is 0 Å². The number of aryl methyl sites for hydroxylation is 2. The van der Waals surface area contributed by atoms with Gasteiger partial charge in [-0.05, 0) is 19.4 Å². The Morgan fingerprint density at radius 2 is 2.19 bits per heavy atom. The number of Topliss-reactive ketones (excluding diaryl/α,β-unsaturated/α-hetero) is 1. The lowest BCUT2D eigenvalue weighted by molar-refractivity contribution is 0.0967. The molecule has 0 spiro atoms. The first kappa shape index (κ1) is 10.5. The molecule has 0 saturated heterocycles. The molecule has 0 bridgehead atoms. The molecule has 1 aromatic heterocycles. The van der Waals surface area contributed by atoms with E-state index < -0.39 is 0 Å². The highest BCUT2D eigenvalue weighted by Gasteiger charge is 2.09. The van der Waals surface area contributed by atoms with E-state index in [0.29, 0.717) is 0 Å². The number of hydrogen-bond acceptors (Lipinski definition) is 3. The maximum Gasteiger partial charge on any atom is 0.184 e. The second-order valence-corrected chi connectivity index (χ2v) is 3.83. The van der Waals surface area contributed by atoms with Gasteiger partial charge < -0.3 is 0 Å². The van der Waals surface area contributed by atoms with E-state index in [0.717, 1.165) is 16.7 Å². The number of hydrogen-bond donors (Lipinski definition) is 0. The molecule has 0 unspecified atom stereocenters. The van der Waals surface area contributed by atoms with Gasteiger partial charge in [-0.1, -0.05) is 23.8 Å². The minimum absolute atomic E-state index is 0.0583. The lowest BCUT2D eigenvalue weighted by Crippen LogP contribution is -2.12. The van der Waals surface area contributed by atoms with Gasteiger partial charge in [-0.3, -0.25) is 4.79 Å². The van der Waals surface area contributed by atoms with Crippen LogP contribution in [0.4, 0.5) is 0 Å². The highest BCUT2D eigenvalue weighted by molar-refractivity contribution is 5.97. The van der Waals surface area contributed by atoms with Gasteiger partial charge in [0.15, 0.2) is 5.78 Å². The van der Waals surface area contributed by atoms with Crippen molar-refractivity contribution < 1.29 is 4.79 Å². The summed E-state index contributed by atoms with van der Waals surface area (Å²) in [5.74, 6) is 0.0583. The zero-order valence-corrected chi connectivity index (χ0v) is 9.34. The minimum atomic E-state index is 0.0583. The van der Waals surface area contributed by atoms with Crippen LogP contribution >= 0.6 is 0 Å². The molecule has 16 heavy (non-hydrogen) atoms. The topological polar surface area (TPSA) is 47.8 Å². The van der Waals surface area contributed by atoms with Crippen molar-refractivity contribution in [2.45, 2.75) is 20.4 Å². The highest BCUT2D eigenvalue weighted by atomic mass is 16.1. The molecule has 0 atom stereocenters. The van der Waals surface area contributed by atoms with Gasteiger partial charge in [0.05, 0.1) is 0 Å². The molecule has 0 fully saturated rings. The molecular weight excluding hydrogens is 202 g/mol. The number of aromatic nitrogens is 3. The van der Waals surface area contributed by atoms with Crippen molar-refractivity contribution in [2.75, 3.05) is 0 Å². The van der Waals surface area contributed by atoms with Crippen molar-refractivity contribution in [1.82, 2.24) is 14.8 Å². The molecule has 1 aromatic carbocycles. The molecule has 1 heterocycles. The van der Waals surface area contributed by atoms with E-state index >= 15 is 0 Å². The molecule has 0 aliphatic carbocycles. The number of nitrogens with zero attached hydrogens (tertiary/aromatic N) is 3. The number of ketones is 1. The van der Waals surface area contributed by atoms with E-state index in [2.05, 4.69) is 10.1 Å². The minimum Gasteiger partial charge on any atom is -0.292 e. The number of carbonyl (C=O) groups excluding carboxylic acids is 1. The van der Waals surface area contributed by atoms with Crippen molar-refractivity contribution in [2.24, 2.45) is 0 Å². The molecule has 0 radical (unpaired) electrons. The van der Waals surface area contributed by atoms with Gasteiger partial charge in [-0.2, -0.15) is 5.10 Å². The Morgan fingerprint density at radius 1 is 1.38 bits per heavy atom. The van der Waals surface area contributed by atoms with Crippen LogP contribution in [0.3, 0.4) is 0 Å². The maximum atomic E-state index is 12.0. The van der Waals surface area contributed by atoms with Crippen molar-refractivity contribution >= 4 is 5.78 Å². The first-order valence-electron chi connectivity index (χ1n) is 5.09. The van der Waals surface area contributed by atoms with Gasteiger partial charge in [0.25, 0.3) is 0 Å². The van der Waals surface area contributed by atoms with E-state index in [4.69, 9.17) is 0 Å². The lowest BCUT2D eigenvalue weighted by Gasteiger charge is -2.05. The molecule has 0 N–H and O–H groups in total. The van der Waals surface area contributed by atoms with E-state index in [-0.39, 0.29) is 12.3 Å². The van der Waals surface area contributed by atoms with Crippen molar-refractivity contribution in [3.05, 3.63) is 47.5 Å². The van der Waals surface area contributed by atoms with Gasteiger partial charge in [0, 0.05) is 5.56 Å². The third-order valence-corrected chi connectivity index (χ3v) is 2.45. The quantitative estimate of drug-likeness (QED) is 0.733. The monoisotopic (exact) mass is 215 g/mol. The number of rotatable bonds is 3. The summed E-state index contributed by atoms with van der Waals surface area (Å²) in [7, 11) is 0. The smallest absolute Gasteiger partial charge is 0.184 e. The molecule has 0 amide bonds. The largest absolute Gasteiger partial charge is 0.292 e. The van der Waals surface area contributed by atoms with Gasteiger partial charge in [-0.25, -0.2) is 9.67 Å². The number of carbonyl (C=O) groups is 1. The highest BCUT2D eigenvalue weighted by Crippen LogP contribution is 2.11. The van der Waals surface area contributed by atoms with E-state index in [1.165, 1.54) is 11.0 Å². The Bertz CT molecular complexity index is 503. The first-order chi connectivity index (χ1) is 7.66. The standard InChI is InChI=1S/C12H13N3O/c1-9-3-4-11(10(2)5-9)12(16)6-15-8-13-7-14-15/h3-5,7-8H,6H2,1-2H3. The van der Waals surface area contributed by atoms with E-state index in [9.17, 15) is 4.79 Å². The summed E-state index contributed by atoms with van der Waals surface area (Å²) in [5.41, 5.74) is 2.92. The number of benzene rings is 1. The van der Waals surface area contributed by atoms with E-state index in [1.807, 2.05) is 32.0 Å². The summed E-state index contributed by atoms with van der Waals surface area (Å²) in [6.45, 7) is 4.20. The van der Waals surface area contributed by atoms with Crippen molar-refractivity contribution in [3.8, 4) is 0 Å². The van der Waals surface area contributed by atoms with Crippen LogP contribution in [0.2, 0.25) is 0 Å². The Balaban J connectivity index is 2.21. The Labute approximate surface area is 93.9 Å². The summed E-state index contributed by atoms with van der Waals surface area (Å²) in [6.07, 6.45) is 2.97. The first-order valence-corrected chi connectivity index (χ1v) is 5.09. The van der Waals surface area contributed by atoms with Gasteiger partial charge in [0.2, 0.25) is 0 Å². The summed E-state index contributed by atoms with van der Waals surface area (Å²) in [6, 6.07) is 5.82. The molecule has 2 rings (SSSR count). The van der Waals surface area contributed by atoms with Crippen molar-refractivity contribution in [3.63, 3.8) is 0 Å². The third-order valence-electron chi connectivity index (χ3n) is 2.45. The van der Waals surface area contributed by atoms with Crippen LogP contribution in [0.5, 0.6) is 0 Å². The zero-order chi connectivity index (χ0) is 11.5. The lowest BCUT2D eigenvalue weighted by atomic mass is 10.0. The fourth-order valence-corrected chi connectivity index (χ4v) is 1.67. The summed E-state index contributed by atoms with van der Waals surface area (Å²) < 4.78 is 1.53. The van der Waals surface area contributed by atoms with Crippen LogP contribution in [0, 0.1) is 13.8 Å². The second kappa shape index (κ2) is 4.26. The van der Waals surface area contributed by atoms with Gasteiger partial charge in [0.1, 0.15) is 19.2 Å². The summed E-state index contributed by atoms with van der Waals surface area (Å²) in [5, 5.41) is 3.91. The fourth-order valence-electron chi connectivity index (χ4n) is 1.67. The van der Waals surface area contributed by atoms with Gasteiger partial charge >= 0.3 is 0 Å². The van der Waals surface area contributed by atoms with Crippen LogP contribution in [0.15, 0.2) is 30.9 Å². The van der Waals surface area contributed by atoms with E-state index in [1.54, 1.807) is 6.33 Å². The molecule has 2 aromatic rings.